The van der Waals surface area contributed by atoms with Crippen molar-refractivity contribution in [2.45, 2.75) is 18.7 Å². The van der Waals surface area contributed by atoms with Crippen LogP contribution in [0.4, 0.5) is 11.4 Å². The Morgan fingerprint density at radius 2 is 1.57 bits per heavy atom. The summed E-state index contributed by atoms with van der Waals surface area (Å²) in [6.45, 7) is 3.88. The molecule has 2 N–H and O–H groups in total. The van der Waals surface area contributed by atoms with E-state index in [0.717, 1.165) is 16.7 Å². The van der Waals surface area contributed by atoms with Crippen LogP contribution in [-0.2, 0) is 14.8 Å². The second-order valence-electron chi connectivity index (χ2n) is 6.77. The molecular formula is C23H21ClN2O3S. The number of aryl methyl sites for hydroxylation is 2. The Labute approximate surface area is 181 Å². The Kier molecular flexibility index (Phi) is 6.59. The molecule has 154 valence electrons. The van der Waals surface area contributed by atoms with Crippen LogP contribution < -0.4 is 10.0 Å². The van der Waals surface area contributed by atoms with Crippen molar-refractivity contribution in [3.05, 3.63) is 94.5 Å². The van der Waals surface area contributed by atoms with Gasteiger partial charge in [-0.25, -0.2) is 8.42 Å². The standard InChI is InChI=1S/C23H21ClN2O3S/c1-16-7-9-20(15-17(16)2)26-30(28,29)21-12-10-19(11-13-21)25-23(27)14-8-18-5-3-4-6-22(18)24/h3-15,26H,1-2H3,(H,25,27)/b14-8+. The van der Waals surface area contributed by atoms with Gasteiger partial charge < -0.3 is 5.32 Å². The lowest BCUT2D eigenvalue weighted by Gasteiger charge is -2.10. The highest BCUT2D eigenvalue weighted by molar-refractivity contribution is 7.92. The molecule has 0 aliphatic carbocycles. The van der Waals surface area contributed by atoms with Gasteiger partial charge in [-0.2, -0.15) is 0 Å². The van der Waals surface area contributed by atoms with Gasteiger partial charge in [-0.05, 0) is 79.1 Å². The monoisotopic (exact) mass is 440 g/mol. The number of amides is 1. The number of nitrogens with one attached hydrogen (secondary N) is 2. The molecule has 30 heavy (non-hydrogen) atoms. The Balaban J connectivity index is 1.67. The maximum absolute atomic E-state index is 12.6. The van der Waals surface area contributed by atoms with Crippen molar-refractivity contribution in [3.8, 4) is 0 Å². The lowest BCUT2D eigenvalue weighted by atomic mass is 10.1. The molecule has 1 amide bonds. The largest absolute Gasteiger partial charge is 0.323 e. The minimum absolute atomic E-state index is 0.102. The van der Waals surface area contributed by atoms with E-state index in [9.17, 15) is 13.2 Å². The first kappa shape index (κ1) is 21.6. The Morgan fingerprint density at radius 1 is 0.900 bits per heavy atom. The van der Waals surface area contributed by atoms with Crippen molar-refractivity contribution in [1.29, 1.82) is 0 Å². The summed E-state index contributed by atoms with van der Waals surface area (Å²) >= 11 is 6.06. The van der Waals surface area contributed by atoms with Crippen molar-refractivity contribution in [2.75, 3.05) is 10.0 Å². The minimum Gasteiger partial charge on any atom is -0.323 e. The maximum atomic E-state index is 12.6. The number of halogens is 1. The SMILES string of the molecule is Cc1ccc(NS(=O)(=O)c2ccc(NC(=O)/C=C/c3ccccc3Cl)cc2)cc1C. The number of rotatable bonds is 6. The molecule has 0 radical (unpaired) electrons. The third-order valence-electron chi connectivity index (χ3n) is 4.51. The minimum atomic E-state index is -3.73. The zero-order valence-corrected chi connectivity index (χ0v) is 18.1. The van der Waals surface area contributed by atoms with Crippen LogP contribution in [0.25, 0.3) is 6.08 Å². The predicted molar refractivity (Wildman–Crippen MR) is 122 cm³/mol. The highest BCUT2D eigenvalue weighted by Gasteiger charge is 2.14. The van der Waals surface area contributed by atoms with Crippen LogP contribution in [0.15, 0.2) is 77.7 Å². The predicted octanol–water partition coefficient (Wildman–Crippen LogP) is 5.41. The van der Waals surface area contributed by atoms with Crippen LogP contribution in [0.5, 0.6) is 0 Å². The number of carbonyl (C=O) groups is 1. The number of carbonyl (C=O) groups excluding carboxylic acids is 1. The number of benzene rings is 3. The van der Waals surface area contributed by atoms with E-state index in [1.807, 2.05) is 32.0 Å². The molecule has 0 saturated carbocycles. The fourth-order valence-corrected chi connectivity index (χ4v) is 3.94. The molecule has 0 atom stereocenters. The van der Waals surface area contributed by atoms with Gasteiger partial charge in [-0.3, -0.25) is 9.52 Å². The second-order valence-corrected chi connectivity index (χ2v) is 8.86. The second kappa shape index (κ2) is 9.15. The molecule has 0 aliphatic rings. The topological polar surface area (TPSA) is 75.3 Å². The molecule has 0 saturated heterocycles. The van der Waals surface area contributed by atoms with Crippen LogP contribution in [0.2, 0.25) is 5.02 Å². The lowest BCUT2D eigenvalue weighted by molar-refractivity contribution is -0.111. The molecular weight excluding hydrogens is 420 g/mol. The van der Waals surface area contributed by atoms with Crippen molar-refractivity contribution in [1.82, 2.24) is 0 Å². The first-order chi connectivity index (χ1) is 14.2. The molecule has 0 unspecified atom stereocenters. The highest BCUT2D eigenvalue weighted by atomic mass is 35.5. The van der Waals surface area contributed by atoms with Gasteiger partial charge in [0.15, 0.2) is 0 Å². The van der Waals surface area contributed by atoms with Gasteiger partial charge in [0.2, 0.25) is 5.91 Å². The van der Waals surface area contributed by atoms with Gasteiger partial charge >= 0.3 is 0 Å². The number of sulfonamides is 1. The number of hydrogen-bond donors (Lipinski definition) is 2. The Morgan fingerprint density at radius 3 is 2.23 bits per heavy atom. The molecule has 0 fully saturated rings. The summed E-state index contributed by atoms with van der Waals surface area (Å²) in [7, 11) is -3.73. The first-order valence-electron chi connectivity index (χ1n) is 9.18. The number of hydrogen-bond acceptors (Lipinski definition) is 3. The van der Waals surface area contributed by atoms with Gasteiger partial charge in [0.05, 0.1) is 4.90 Å². The summed E-state index contributed by atoms with van der Waals surface area (Å²) in [6, 6.07) is 18.5. The van der Waals surface area contributed by atoms with E-state index in [1.54, 1.807) is 30.3 Å². The molecule has 5 nitrogen and oxygen atoms in total. The van der Waals surface area contributed by atoms with Gasteiger partial charge in [-0.15, -0.1) is 0 Å². The molecule has 0 spiro atoms. The fraction of sp³-hybridized carbons (Fsp3) is 0.0870. The summed E-state index contributed by atoms with van der Waals surface area (Å²) in [4.78, 5) is 12.2. The van der Waals surface area contributed by atoms with E-state index in [-0.39, 0.29) is 10.8 Å². The smallest absolute Gasteiger partial charge is 0.261 e. The summed E-state index contributed by atoms with van der Waals surface area (Å²) in [5, 5.41) is 3.24. The van der Waals surface area contributed by atoms with Crippen molar-refractivity contribution < 1.29 is 13.2 Å². The van der Waals surface area contributed by atoms with Crippen LogP contribution in [0.1, 0.15) is 16.7 Å². The average Bonchev–Trinajstić information content (AvgIpc) is 2.70. The van der Waals surface area contributed by atoms with Gasteiger partial charge in [0.1, 0.15) is 0 Å². The maximum Gasteiger partial charge on any atom is 0.261 e. The summed E-state index contributed by atoms with van der Waals surface area (Å²) < 4.78 is 27.8. The van der Waals surface area contributed by atoms with Crippen LogP contribution in [-0.4, -0.2) is 14.3 Å². The number of anilines is 2. The summed E-state index contributed by atoms with van der Waals surface area (Å²) in [5.41, 5.74) is 3.79. The normalized spacial score (nSPS) is 11.4. The summed E-state index contributed by atoms with van der Waals surface area (Å²) in [6.07, 6.45) is 2.98. The van der Waals surface area contributed by atoms with E-state index in [0.29, 0.717) is 16.4 Å². The fourth-order valence-electron chi connectivity index (χ4n) is 2.70. The van der Waals surface area contributed by atoms with Gasteiger partial charge in [0, 0.05) is 22.5 Å². The molecule has 0 heterocycles. The van der Waals surface area contributed by atoms with E-state index in [4.69, 9.17) is 11.6 Å². The molecule has 7 heteroatoms. The lowest BCUT2D eigenvalue weighted by Crippen LogP contribution is -2.13. The van der Waals surface area contributed by atoms with E-state index in [1.165, 1.54) is 30.3 Å². The molecule has 3 aromatic rings. The van der Waals surface area contributed by atoms with Crippen molar-refractivity contribution >= 4 is 45.0 Å². The van der Waals surface area contributed by atoms with E-state index >= 15 is 0 Å². The zero-order valence-electron chi connectivity index (χ0n) is 16.5. The first-order valence-corrected chi connectivity index (χ1v) is 11.0. The average molecular weight is 441 g/mol. The zero-order chi connectivity index (χ0) is 21.7. The van der Waals surface area contributed by atoms with Crippen molar-refractivity contribution in [3.63, 3.8) is 0 Å². The highest BCUT2D eigenvalue weighted by Crippen LogP contribution is 2.21. The molecule has 3 aromatic carbocycles. The van der Waals surface area contributed by atoms with Crippen LogP contribution in [0, 0.1) is 13.8 Å². The Hall–Kier alpha value is -3.09. The Bertz CT molecular complexity index is 1200. The molecule has 0 bridgehead atoms. The third-order valence-corrected chi connectivity index (χ3v) is 6.25. The van der Waals surface area contributed by atoms with Gasteiger partial charge in [0.25, 0.3) is 10.0 Å². The molecule has 0 aromatic heterocycles. The molecule has 0 aliphatic heterocycles. The van der Waals surface area contributed by atoms with Crippen LogP contribution >= 0.6 is 11.6 Å². The van der Waals surface area contributed by atoms with Gasteiger partial charge in [-0.1, -0.05) is 35.9 Å². The summed E-state index contributed by atoms with van der Waals surface area (Å²) in [5.74, 6) is -0.348. The molecule has 3 rings (SSSR count). The third kappa shape index (κ3) is 5.49. The van der Waals surface area contributed by atoms with E-state index in [2.05, 4.69) is 10.0 Å². The van der Waals surface area contributed by atoms with Crippen molar-refractivity contribution in [2.24, 2.45) is 0 Å². The quantitative estimate of drug-likeness (QED) is 0.503. The van der Waals surface area contributed by atoms with Crippen LogP contribution in [0.3, 0.4) is 0 Å². The van der Waals surface area contributed by atoms with E-state index < -0.39 is 10.0 Å².